The Hall–Kier alpha value is 0.0756. The van der Waals surface area contributed by atoms with E-state index < -0.39 is 32.8 Å². The Morgan fingerprint density at radius 3 is 2.07 bits per heavy atom. The molecule has 43 heavy (non-hydrogen) atoms. The molecule has 1 aliphatic rings. The van der Waals surface area contributed by atoms with Crippen molar-refractivity contribution < 1.29 is 19.0 Å². The molecule has 1 rings (SSSR count). The van der Waals surface area contributed by atoms with Gasteiger partial charge in [0.2, 0.25) is 0 Å². The van der Waals surface area contributed by atoms with E-state index in [-0.39, 0.29) is 35.7 Å². The predicted molar refractivity (Wildman–Crippen MR) is 193 cm³/mol. The van der Waals surface area contributed by atoms with Crippen LogP contribution in [0.25, 0.3) is 0 Å². The Morgan fingerprint density at radius 2 is 1.63 bits per heavy atom. The van der Waals surface area contributed by atoms with Gasteiger partial charge in [0.25, 0.3) is 0 Å². The van der Waals surface area contributed by atoms with Crippen LogP contribution in [0, 0.1) is 17.8 Å². The molecule has 0 spiro atoms. The number of unbranched alkanes of at least 4 members (excludes halogenated alkanes) is 3. The van der Waals surface area contributed by atoms with Crippen LogP contribution >= 0.6 is 0 Å². The van der Waals surface area contributed by atoms with Crippen molar-refractivity contribution in [2.45, 2.75) is 157 Å². The molecular weight excluding hydrogens is 655 g/mol. The van der Waals surface area contributed by atoms with Crippen molar-refractivity contribution in [1.82, 2.24) is 0 Å². The minimum absolute atomic E-state index is 0.0386. The van der Waals surface area contributed by atoms with Gasteiger partial charge in [-0.15, -0.1) is 0 Å². The first-order chi connectivity index (χ1) is 20.1. The SMILES string of the molecule is C=C(C)[C@@H]1CC(C)=C[C@@H](OCOC)[C@H]1[C@@H](C)C(O)/C=[C](\CCO[Si](C)(C)C(C)(C)C)[Sn]([CH2]CCC)([CH2]CCC)[CH2]CCC. The molecule has 0 heterocycles. The molecule has 0 aromatic rings. The molecule has 1 N–H and O–H groups in total. The first kappa shape index (κ1) is 41.1. The molecule has 0 amide bonds. The fourth-order valence-corrected chi connectivity index (χ4v) is 24.9. The Bertz CT molecular complexity index is 853. The molecule has 252 valence electrons. The molecule has 0 radical (unpaired) electrons. The van der Waals surface area contributed by atoms with E-state index in [1.165, 1.54) is 63.0 Å². The molecule has 0 aromatic heterocycles. The van der Waals surface area contributed by atoms with Crippen LogP contribution in [-0.4, -0.2) is 64.5 Å². The summed E-state index contributed by atoms with van der Waals surface area (Å²) in [6.07, 6.45) is 13.7. The predicted octanol–water partition coefficient (Wildman–Crippen LogP) is 10.9. The van der Waals surface area contributed by atoms with Gasteiger partial charge in [-0.3, -0.25) is 0 Å². The third kappa shape index (κ3) is 12.7. The summed E-state index contributed by atoms with van der Waals surface area (Å²) in [4.78, 5) is 0. The molecule has 1 aliphatic carbocycles. The summed E-state index contributed by atoms with van der Waals surface area (Å²) in [6, 6.07) is 0. The molecule has 0 bridgehead atoms. The summed E-state index contributed by atoms with van der Waals surface area (Å²) in [5.74, 6) is 0.472. The average molecular weight is 728 g/mol. The number of ether oxygens (including phenoxy) is 2. The summed E-state index contributed by atoms with van der Waals surface area (Å²) in [5.41, 5.74) is 2.51. The summed E-state index contributed by atoms with van der Waals surface area (Å²) >= 11 is -2.81. The molecule has 4 nitrogen and oxygen atoms in total. The number of allylic oxidation sites excluding steroid dienone is 2. The first-order valence-corrected chi connectivity index (χ1v) is 28.0. The van der Waals surface area contributed by atoms with Crippen molar-refractivity contribution >= 4 is 26.7 Å². The van der Waals surface area contributed by atoms with E-state index in [0.717, 1.165) is 19.4 Å². The van der Waals surface area contributed by atoms with Gasteiger partial charge in [-0.2, -0.15) is 0 Å². The van der Waals surface area contributed by atoms with Crippen LogP contribution in [0.15, 0.2) is 33.5 Å². The average Bonchev–Trinajstić information content (AvgIpc) is 2.93. The summed E-state index contributed by atoms with van der Waals surface area (Å²) < 4.78 is 24.2. The van der Waals surface area contributed by atoms with E-state index in [4.69, 9.17) is 13.9 Å². The van der Waals surface area contributed by atoms with Gasteiger partial charge >= 0.3 is 275 Å². The van der Waals surface area contributed by atoms with Crippen molar-refractivity contribution in [3.63, 3.8) is 0 Å². The molecule has 0 saturated carbocycles. The monoisotopic (exact) mass is 728 g/mol. The third-order valence-corrected chi connectivity index (χ3v) is 31.6. The number of hydrogen-bond donors (Lipinski definition) is 1. The van der Waals surface area contributed by atoms with Crippen LogP contribution in [-0.2, 0) is 13.9 Å². The molecule has 0 saturated heterocycles. The zero-order valence-corrected chi connectivity index (χ0v) is 34.5. The van der Waals surface area contributed by atoms with Crippen LogP contribution in [0.4, 0.5) is 0 Å². The quantitative estimate of drug-likeness (QED) is 0.0727. The summed E-state index contributed by atoms with van der Waals surface area (Å²) in [7, 11) is -0.177. The van der Waals surface area contributed by atoms with Gasteiger partial charge in [0.1, 0.15) is 0 Å². The fourth-order valence-electron chi connectivity index (χ4n) is 6.79. The van der Waals surface area contributed by atoms with Crippen LogP contribution in [0.2, 0.25) is 31.4 Å². The fraction of sp³-hybridized carbons (Fsp3) is 0.838. The molecular formula is C37H72O4SiSn. The third-order valence-electron chi connectivity index (χ3n) is 10.7. The molecule has 6 heteroatoms. The molecule has 0 aromatic carbocycles. The van der Waals surface area contributed by atoms with E-state index in [9.17, 15) is 5.11 Å². The number of methoxy groups -OCH3 is 1. The molecule has 0 fully saturated rings. The van der Waals surface area contributed by atoms with Crippen molar-refractivity contribution in [3.05, 3.63) is 33.5 Å². The Kier molecular flexibility index (Phi) is 18.8. The second-order valence-corrected chi connectivity index (χ2v) is 33.5. The van der Waals surface area contributed by atoms with Gasteiger partial charge in [0, 0.05) is 0 Å². The van der Waals surface area contributed by atoms with Gasteiger partial charge in [0.05, 0.1) is 0 Å². The minimum atomic E-state index is -2.81. The first-order valence-electron chi connectivity index (χ1n) is 17.6. The normalized spacial score (nSPS) is 21.9. The Balaban J connectivity index is 3.62. The van der Waals surface area contributed by atoms with Crippen LogP contribution in [0.3, 0.4) is 0 Å². The number of rotatable bonds is 21. The standard InChI is InChI=1S/C25H45O4Si.3C4H9.Sn/c1-18(2)21-15-19(3)16-23(28-17-27-8)24(21)20(4)22(26)13-11-12-14-29-30(9,10)25(5,6)7;3*1-3-4-2;/h13,16,20-24,26H,1,12,14-15,17H2,2-10H3;3*1,3-4H2,2H3;/t20-,21-,22?,23+,24-;;;;/m0..../s1. The Labute approximate surface area is 273 Å². The van der Waals surface area contributed by atoms with E-state index in [0.29, 0.717) is 0 Å². The van der Waals surface area contributed by atoms with Crippen molar-refractivity contribution in [2.24, 2.45) is 17.8 Å². The molecule has 5 atom stereocenters. The summed E-state index contributed by atoms with van der Waals surface area (Å²) in [6.45, 7) is 30.7. The van der Waals surface area contributed by atoms with Crippen LogP contribution < -0.4 is 0 Å². The second-order valence-electron chi connectivity index (χ2n) is 15.3. The zero-order chi connectivity index (χ0) is 32.8. The van der Waals surface area contributed by atoms with Gasteiger partial charge in [-0.05, 0) is 0 Å². The van der Waals surface area contributed by atoms with E-state index in [1.807, 2.05) is 0 Å². The van der Waals surface area contributed by atoms with Gasteiger partial charge < -0.3 is 0 Å². The van der Waals surface area contributed by atoms with Gasteiger partial charge in [0.15, 0.2) is 0 Å². The van der Waals surface area contributed by atoms with Crippen LogP contribution in [0.5, 0.6) is 0 Å². The molecule has 1 unspecified atom stereocenters. The number of aliphatic hydroxyl groups excluding tert-OH is 1. The van der Waals surface area contributed by atoms with E-state index in [2.05, 4.69) is 94.1 Å². The van der Waals surface area contributed by atoms with E-state index in [1.54, 1.807) is 10.7 Å². The van der Waals surface area contributed by atoms with Crippen molar-refractivity contribution in [1.29, 1.82) is 0 Å². The maximum atomic E-state index is 12.2. The summed E-state index contributed by atoms with van der Waals surface area (Å²) in [5, 5.41) is 12.4. The number of aliphatic hydroxyl groups is 1. The maximum absolute atomic E-state index is 12.2. The second kappa shape index (κ2) is 19.7. The Morgan fingerprint density at radius 1 is 1.09 bits per heavy atom. The van der Waals surface area contributed by atoms with Crippen molar-refractivity contribution in [2.75, 3.05) is 20.5 Å². The zero-order valence-electron chi connectivity index (χ0n) is 30.6. The van der Waals surface area contributed by atoms with E-state index >= 15 is 0 Å². The van der Waals surface area contributed by atoms with Gasteiger partial charge in [-0.1, -0.05) is 0 Å². The topological polar surface area (TPSA) is 47.9 Å². The number of hydrogen-bond acceptors (Lipinski definition) is 4. The van der Waals surface area contributed by atoms with Crippen LogP contribution in [0.1, 0.15) is 114 Å². The van der Waals surface area contributed by atoms with Crippen molar-refractivity contribution in [3.8, 4) is 0 Å². The van der Waals surface area contributed by atoms with Gasteiger partial charge in [-0.25, -0.2) is 0 Å². The molecule has 0 aliphatic heterocycles.